The Bertz CT molecular complexity index is 782. The molecule has 10 heteroatoms. The van der Waals surface area contributed by atoms with Gasteiger partial charge in [-0.2, -0.15) is 0 Å². The molecule has 0 radical (unpaired) electrons. The quantitative estimate of drug-likeness (QED) is 0.465. The normalized spacial score (nSPS) is 25.2. The smallest absolute Gasteiger partial charge is 0.303 e. The first-order valence-electron chi connectivity index (χ1n) is 9.73. The second-order valence-corrected chi connectivity index (χ2v) is 7.02. The Morgan fingerprint density at radius 1 is 0.903 bits per heavy atom. The Hall–Kier alpha value is -2.98. The molecule has 1 aliphatic rings. The van der Waals surface area contributed by atoms with Crippen LogP contribution in [0, 0.1) is 0 Å². The van der Waals surface area contributed by atoms with Crippen molar-refractivity contribution in [3.05, 3.63) is 35.9 Å². The number of amides is 1. The third-order valence-corrected chi connectivity index (χ3v) is 4.33. The molecule has 10 nitrogen and oxygen atoms in total. The van der Waals surface area contributed by atoms with Crippen LogP contribution in [0.25, 0.3) is 0 Å². The largest absolute Gasteiger partial charge is 0.463 e. The summed E-state index contributed by atoms with van der Waals surface area (Å²) in [5.41, 5.74) is 0.843. The van der Waals surface area contributed by atoms with Crippen LogP contribution in [0.15, 0.2) is 30.3 Å². The van der Waals surface area contributed by atoms with Gasteiger partial charge in [0, 0.05) is 27.7 Å². The lowest BCUT2D eigenvalue weighted by molar-refractivity contribution is -0.280. The van der Waals surface area contributed by atoms with E-state index in [1.165, 1.54) is 27.7 Å². The molecule has 0 spiro atoms. The zero-order valence-corrected chi connectivity index (χ0v) is 17.9. The van der Waals surface area contributed by atoms with Crippen LogP contribution in [-0.2, 0) is 49.5 Å². The van der Waals surface area contributed by atoms with E-state index in [0.29, 0.717) is 0 Å². The molecule has 0 unspecified atom stereocenters. The predicted molar refractivity (Wildman–Crippen MR) is 105 cm³/mol. The van der Waals surface area contributed by atoms with Gasteiger partial charge in [0.25, 0.3) is 0 Å². The van der Waals surface area contributed by atoms with Crippen molar-refractivity contribution in [3.8, 4) is 0 Å². The van der Waals surface area contributed by atoms with Crippen LogP contribution in [-0.4, -0.2) is 61.1 Å². The minimum atomic E-state index is -1.14. The first-order valence-corrected chi connectivity index (χ1v) is 9.73. The number of hydrogen-bond donors (Lipinski definition) is 1. The van der Waals surface area contributed by atoms with E-state index in [0.717, 1.165) is 5.56 Å². The first kappa shape index (κ1) is 24.3. The second kappa shape index (κ2) is 11.4. The summed E-state index contributed by atoms with van der Waals surface area (Å²) in [6.45, 7) is 4.72. The summed E-state index contributed by atoms with van der Waals surface area (Å²) in [6.07, 6.45) is -4.36. The molecule has 1 fully saturated rings. The summed E-state index contributed by atoms with van der Waals surface area (Å²) in [4.78, 5) is 46.7. The van der Waals surface area contributed by atoms with Gasteiger partial charge in [-0.15, -0.1) is 0 Å². The lowest BCUT2D eigenvalue weighted by atomic mass is 9.96. The Morgan fingerprint density at radius 2 is 1.52 bits per heavy atom. The van der Waals surface area contributed by atoms with E-state index < -0.39 is 54.5 Å². The highest BCUT2D eigenvalue weighted by Gasteiger charge is 2.51. The number of rotatable bonds is 8. The van der Waals surface area contributed by atoms with E-state index in [-0.39, 0.29) is 13.2 Å². The lowest BCUT2D eigenvalue weighted by Crippen LogP contribution is -2.66. The number of benzene rings is 1. The molecule has 1 N–H and O–H groups in total. The third-order valence-electron chi connectivity index (χ3n) is 4.33. The summed E-state index contributed by atoms with van der Waals surface area (Å²) < 4.78 is 27.6. The van der Waals surface area contributed by atoms with Crippen LogP contribution < -0.4 is 5.32 Å². The summed E-state index contributed by atoms with van der Waals surface area (Å²) >= 11 is 0. The molecule has 170 valence electrons. The van der Waals surface area contributed by atoms with Crippen molar-refractivity contribution in [2.75, 3.05) is 6.61 Å². The minimum absolute atomic E-state index is 0.132. The molecule has 0 saturated carbocycles. The van der Waals surface area contributed by atoms with E-state index >= 15 is 0 Å². The Morgan fingerprint density at radius 3 is 2.06 bits per heavy atom. The summed E-state index contributed by atoms with van der Waals surface area (Å²) in [5.74, 6) is -2.32. The predicted octanol–water partition coefficient (Wildman–Crippen LogP) is 0.859. The molecule has 1 heterocycles. The van der Waals surface area contributed by atoms with Gasteiger partial charge < -0.3 is 29.0 Å². The maximum atomic E-state index is 11.8. The van der Waals surface area contributed by atoms with Gasteiger partial charge in [0.05, 0.1) is 6.61 Å². The molecule has 0 aliphatic carbocycles. The molecular weight excluding hydrogens is 410 g/mol. The molecule has 1 amide bonds. The van der Waals surface area contributed by atoms with E-state index in [2.05, 4.69) is 5.32 Å². The minimum Gasteiger partial charge on any atom is -0.463 e. The van der Waals surface area contributed by atoms with Crippen molar-refractivity contribution >= 4 is 23.8 Å². The van der Waals surface area contributed by atoms with Gasteiger partial charge in [-0.3, -0.25) is 19.2 Å². The van der Waals surface area contributed by atoms with Gasteiger partial charge in [0.2, 0.25) is 5.91 Å². The zero-order chi connectivity index (χ0) is 23.0. The second-order valence-electron chi connectivity index (χ2n) is 7.02. The number of ether oxygens (including phenoxy) is 5. The van der Waals surface area contributed by atoms with Gasteiger partial charge >= 0.3 is 17.9 Å². The summed E-state index contributed by atoms with van der Waals surface area (Å²) in [7, 11) is 0. The molecule has 31 heavy (non-hydrogen) atoms. The van der Waals surface area contributed by atoms with E-state index in [1.54, 1.807) is 0 Å². The molecule has 1 aromatic carbocycles. The highest BCUT2D eigenvalue weighted by atomic mass is 16.7. The first-order chi connectivity index (χ1) is 14.7. The van der Waals surface area contributed by atoms with Crippen molar-refractivity contribution in [2.45, 2.75) is 64.9 Å². The van der Waals surface area contributed by atoms with Crippen molar-refractivity contribution < 1.29 is 42.9 Å². The fourth-order valence-corrected chi connectivity index (χ4v) is 3.19. The molecule has 5 atom stereocenters. The highest BCUT2D eigenvalue weighted by molar-refractivity contribution is 5.73. The monoisotopic (exact) mass is 437 g/mol. The van der Waals surface area contributed by atoms with Crippen LogP contribution in [0.1, 0.15) is 33.3 Å². The molecule has 1 aliphatic heterocycles. The number of hydrogen-bond acceptors (Lipinski definition) is 9. The van der Waals surface area contributed by atoms with E-state index in [1.807, 2.05) is 30.3 Å². The molecule has 0 bridgehead atoms. The Kier molecular flexibility index (Phi) is 8.95. The van der Waals surface area contributed by atoms with Crippen molar-refractivity contribution in [2.24, 2.45) is 0 Å². The van der Waals surface area contributed by atoms with Crippen LogP contribution >= 0.6 is 0 Å². The fraction of sp³-hybridized carbons (Fsp3) is 0.524. The molecular formula is C21H27NO9. The number of carbonyl (C=O) groups is 4. The van der Waals surface area contributed by atoms with Crippen molar-refractivity contribution in [3.63, 3.8) is 0 Å². The standard InChI is InChI=1S/C21H27NO9/c1-12(23)22-18-20(30-15(4)26)19(29-14(3)25)17(11-27-13(2)24)31-21(18)28-10-16-8-6-5-7-9-16/h5-9,17-21H,10-11H2,1-4H3,(H,22,23)/t17-,18+,19-,20+,21-/m0/s1. The van der Waals surface area contributed by atoms with Gasteiger partial charge in [0.1, 0.15) is 18.8 Å². The Labute approximate surface area is 180 Å². The highest BCUT2D eigenvalue weighted by Crippen LogP contribution is 2.28. The fourth-order valence-electron chi connectivity index (χ4n) is 3.19. The van der Waals surface area contributed by atoms with Gasteiger partial charge in [-0.1, -0.05) is 30.3 Å². The lowest BCUT2D eigenvalue weighted by Gasteiger charge is -2.44. The average Bonchev–Trinajstić information content (AvgIpc) is 2.68. The van der Waals surface area contributed by atoms with Crippen LogP contribution in [0.5, 0.6) is 0 Å². The van der Waals surface area contributed by atoms with Crippen molar-refractivity contribution in [1.82, 2.24) is 5.32 Å². The van der Waals surface area contributed by atoms with Gasteiger partial charge in [-0.05, 0) is 5.56 Å². The van der Waals surface area contributed by atoms with Crippen LogP contribution in [0.4, 0.5) is 0 Å². The third kappa shape index (κ3) is 7.65. The zero-order valence-electron chi connectivity index (χ0n) is 17.9. The topological polar surface area (TPSA) is 126 Å². The summed E-state index contributed by atoms with van der Waals surface area (Å²) in [5, 5.41) is 2.65. The number of esters is 3. The van der Waals surface area contributed by atoms with E-state index in [4.69, 9.17) is 23.7 Å². The number of carbonyl (C=O) groups excluding carboxylic acids is 4. The van der Waals surface area contributed by atoms with E-state index in [9.17, 15) is 19.2 Å². The molecule has 0 aromatic heterocycles. The van der Waals surface area contributed by atoms with Crippen LogP contribution in [0.3, 0.4) is 0 Å². The SMILES string of the molecule is CC(=O)N[C@H]1[C@@H](OCc2ccccc2)O[C@@H](COC(C)=O)[C@H](OC(C)=O)[C@@H]1OC(C)=O. The molecule has 2 rings (SSSR count). The Balaban J connectivity index is 2.35. The molecule has 1 saturated heterocycles. The van der Waals surface area contributed by atoms with Gasteiger partial charge in [0.15, 0.2) is 18.5 Å². The maximum Gasteiger partial charge on any atom is 0.303 e. The number of nitrogens with one attached hydrogen (secondary N) is 1. The van der Waals surface area contributed by atoms with Crippen LogP contribution in [0.2, 0.25) is 0 Å². The summed E-state index contributed by atoms with van der Waals surface area (Å²) in [6, 6.07) is 8.25. The van der Waals surface area contributed by atoms with Gasteiger partial charge in [-0.25, -0.2) is 0 Å². The van der Waals surface area contributed by atoms with Crippen molar-refractivity contribution in [1.29, 1.82) is 0 Å². The average molecular weight is 437 g/mol. The molecule has 1 aromatic rings. The maximum absolute atomic E-state index is 11.8.